The number of nitrogens with two attached hydrogens (primary N) is 1. The first-order valence-corrected chi connectivity index (χ1v) is 9.03. The van der Waals surface area contributed by atoms with Gasteiger partial charge < -0.3 is 16.2 Å². The van der Waals surface area contributed by atoms with Gasteiger partial charge in [0, 0.05) is 6.54 Å². The van der Waals surface area contributed by atoms with Gasteiger partial charge >= 0.3 is 12.1 Å². The van der Waals surface area contributed by atoms with Gasteiger partial charge in [-0.05, 0) is 36.3 Å². The average Bonchev–Trinajstić information content (AvgIpc) is 2.59. The van der Waals surface area contributed by atoms with Crippen LogP contribution in [0.1, 0.15) is 49.7 Å². The van der Waals surface area contributed by atoms with Crippen LogP contribution in [0.4, 0.5) is 13.2 Å². The molecule has 150 valence electrons. The van der Waals surface area contributed by atoms with Crippen LogP contribution in [-0.4, -0.2) is 29.6 Å². The summed E-state index contributed by atoms with van der Waals surface area (Å²) in [5.74, 6) is -1.39. The van der Waals surface area contributed by atoms with Crippen molar-refractivity contribution in [3.05, 3.63) is 35.4 Å². The number of carbonyl (C=O) groups excluding carboxylic acids is 1. The maximum Gasteiger partial charge on any atom is 0.416 e. The number of carboxylic acids is 1. The Hall–Kier alpha value is -2.09. The molecule has 8 heteroatoms. The van der Waals surface area contributed by atoms with E-state index in [1.165, 1.54) is 12.1 Å². The van der Waals surface area contributed by atoms with Crippen molar-refractivity contribution in [2.75, 3.05) is 6.54 Å². The molecule has 0 bridgehead atoms. The normalized spacial score (nSPS) is 17.9. The van der Waals surface area contributed by atoms with Gasteiger partial charge in [-0.2, -0.15) is 13.2 Å². The fourth-order valence-electron chi connectivity index (χ4n) is 3.67. The second-order valence-corrected chi connectivity index (χ2v) is 7.36. The molecule has 0 saturated heterocycles. The van der Waals surface area contributed by atoms with Gasteiger partial charge in [-0.25, -0.2) is 0 Å². The zero-order valence-electron chi connectivity index (χ0n) is 15.0. The average molecular weight is 386 g/mol. The lowest BCUT2D eigenvalue weighted by Crippen LogP contribution is -2.47. The number of rotatable bonds is 7. The fourth-order valence-corrected chi connectivity index (χ4v) is 3.67. The molecule has 1 saturated carbocycles. The van der Waals surface area contributed by atoms with Gasteiger partial charge in [0.2, 0.25) is 5.91 Å². The zero-order chi connectivity index (χ0) is 20.1. The van der Waals surface area contributed by atoms with Crippen molar-refractivity contribution < 1.29 is 27.9 Å². The summed E-state index contributed by atoms with van der Waals surface area (Å²) in [6.45, 7) is 0.217. The SMILES string of the molecule is N[C@H](Cc1cccc(C(F)(F)F)c1)C(=O)NCC1(CC(=O)O)CCCCC1. The second-order valence-electron chi connectivity index (χ2n) is 7.36. The van der Waals surface area contributed by atoms with E-state index in [9.17, 15) is 22.8 Å². The summed E-state index contributed by atoms with van der Waals surface area (Å²) in [5, 5.41) is 11.9. The molecule has 27 heavy (non-hydrogen) atoms. The summed E-state index contributed by atoms with van der Waals surface area (Å²) in [7, 11) is 0. The summed E-state index contributed by atoms with van der Waals surface area (Å²) in [4.78, 5) is 23.5. The lowest BCUT2D eigenvalue weighted by Gasteiger charge is -2.36. The topological polar surface area (TPSA) is 92.4 Å². The number of benzene rings is 1. The molecule has 0 aliphatic heterocycles. The van der Waals surface area contributed by atoms with E-state index in [1.807, 2.05) is 0 Å². The van der Waals surface area contributed by atoms with Gasteiger partial charge in [-0.1, -0.05) is 37.5 Å². The van der Waals surface area contributed by atoms with Crippen molar-refractivity contribution >= 4 is 11.9 Å². The highest BCUT2D eigenvalue weighted by molar-refractivity contribution is 5.82. The molecule has 0 heterocycles. The molecule has 1 atom stereocenters. The number of aliphatic carboxylic acids is 1. The number of hydrogen-bond donors (Lipinski definition) is 3. The predicted octanol–water partition coefficient (Wildman–Crippen LogP) is 3.12. The highest BCUT2D eigenvalue weighted by Crippen LogP contribution is 2.38. The van der Waals surface area contributed by atoms with Gasteiger partial charge in [0.05, 0.1) is 18.0 Å². The van der Waals surface area contributed by atoms with Crippen molar-refractivity contribution in [3.8, 4) is 0 Å². The largest absolute Gasteiger partial charge is 0.481 e. The second kappa shape index (κ2) is 8.73. The van der Waals surface area contributed by atoms with Crippen molar-refractivity contribution in [1.82, 2.24) is 5.32 Å². The number of halogens is 3. The zero-order valence-corrected chi connectivity index (χ0v) is 15.0. The summed E-state index contributed by atoms with van der Waals surface area (Å²) >= 11 is 0. The Morgan fingerprint density at radius 3 is 2.48 bits per heavy atom. The van der Waals surface area contributed by atoms with Crippen molar-refractivity contribution in [1.29, 1.82) is 0 Å². The van der Waals surface area contributed by atoms with Gasteiger partial charge in [0.1, 0.15) is 0 Å². The molecule has 1 aromatic carbocycles. The Balaban J connectivity index is 1.96. The number of alkyl halides is 3. The molecule has 4 N–H and O–H groups in total. The molecule has 2 rings (SSSR count). The van der Waals surface area contributed by atoms with Gasteiger partial charge in [-0.15, -0.1) is 0 Å². The van der Waals surface area contributed by atoms with E-state index in [1.54, 1.807) is 0 Å². The van der Waals surface area contributed by atoms with Gasteiger partial charge in [-0.3, -0.25) is 9.59 Å². The molecule has 0 radical (unpaired) electrons. The van der Waals surface area contributed by atoms with Crippen LogP contribution in [-0.2, 0) is 22.2 Å². The summed E-state index contributed by atoms with van der Waals surface area (Å²) in [5.41, 5.74) is 4.92. The predicted molar refractivity (Wildman–Crippen MR) is 93.9 cm³/mol. The summed E-state index contributed by atoms with van der Waals surface area (Å²) in [6.07, 6.45) is -0.168. The third-order valence-corrected chi connectivity index (χ3v) is 5.12. The molecule has 0 unspecified atom stereocenters. The van der Waals surface area contributed by atoms with Gasteiger partial charge in [0.25, 0.3) is 0 Å². The van der Waals surface area contributed by atoms with Crippen LogP contribution in [0.25, 0.3) is 0 Å². The molecule has 1 aliphatic rings. The first-order chi connectivity index (χ1) is 12.6. The van der Waals surface area contributed by atoms with E-state index in [-0.39, 0.29) is 19.4 Å². The third kappa shape index (κ3) is 6.23. The van der Waals surface area contributed by atoms with Crippen molar-refractivity contribution in [2.24, 2.45) is 11.1 Å². The Morgan fingerprint density at radius 1 is 1.22 bits per heavy atom. The molecular weight excluding hydrogens is 361 g/mol. The number of amides is 1. The number of carbonyl (C=O) groups is 2. The molecule has 1 aliphatic carbocycles. The molecule has 1 amide bonds. The smallest absolute Gasteiger partial charge is 0.416 e. The van der Waals surface area contributed by atoms with E-state index in [0.29, 0.717) is 5.56 Å². The Kier molecular flexibility index (Phi) is 6.86. The first-order valence-electron chi connectivity index (χ1n) is 9.03. The number of carboxylic acid groups (broad SMARTS) is 1. The van der Waals surface area contributed by atoms with E-state index in [0.717, 1.165) is 44.2 Å². The molecule has 0 spiro atoms. The molecular formula is C19H25F3N2O3. The van der Waals surface area contributed by atoms with Crippen LogP contribution in [0, 0.1) is 5.41 Å². The van der Waals surface area contributed by atoms with Crippen LogP contribution in [0.5, 0.6) is 0 Å². The Labute approximate surface area is 156 Å². The van der Waals surface area contributed by atoms with Crippen LogP contribution in [0.3, 0.4) is 0 Å². The minimum absolute atomic E-state index is 0.0177. The third-order valence-electron chi connectivity index (χ3n) is 5.12. The highest BCUT2D eigenvalue weighted by Gasteiger charge is 2.35. The van der Waals surface area contributed by atoms with Crippen LogP contribution < -0.4 is 11.1 Å². The maximum atomic E-state index is 12.8. The number of hydrogen-bond acceptors (Lipinski definition) is 3. The lowest BCUT2D eigenvalue weighted by atomic mass is 9.71. The van der Waals surface area contributed by atoms with E-state index in [2.05, 4.69) is 5.32 Å². The van der Waals surface area contributed by atoms with Crippen molar-refractivity contribution in [3.63, 3.8) is 0 Å². The highest BCUT2D eigenvalue weighted by atomic mass is 19.4. The minimum Gasteiger partial charge on any atom is -0.481 e. The quantitative estimate of drug-likeness (QED) is 0.671. The van der Waals surface area contributed by atoms with E-state index in [4.69, 9.17) is 10.8 Å². The molecule has 5 nitrogen and oxygen atoms in total. The molecule has 0 aromatic heterocycles. The Morgan fingerprint density at radius 2 is 1.89 bits per heavy atom. The van der Waals surface area contributed by atoms with Gasteiger partial charge in [0.15, 0.2) is 0 Å². The summed E-state index contributed by atoms with van der Waals surface area (Å²) < 4.78 is 38.3. The number of nitrogens with one attached hydrogen (secondary N) is 1. The maximum absolute atomic E-state index is 12.8. The molecule has 1 fully saturated rings. The summed E-state index contributed by atoms with van der Waals surface area (Å²) in [6, 6.07) is 3.73. The lowest BCUT2D eigenvalue weighted by molar-refractivity contribution is -0.141. The van der Waals surface area contributed by atoms with Crippen LogP contribution >= 0.6 is 0 Å². The Bertz CT molecular complexity index is 670. The monoisotopic (exact) mass is 386 g/mol. The van der Waals surface area contributed by atoms with Crippen LogP contribution in [0.15, 0.2) is 24.3 Å². The minimum atomic E-state index is -4.45. The fraction of sp³-hybridized carbons (Fsp3) is 0.579. The van der Waals surface area contributed by atoms with Crippen molar-refractivity contribution in [2.45, 2.75) is 57.2 Å². The first kappa shape index (κ1) is 21.2. The van der Waals surface area contributed by atoms with E-state index >= 15 is 0 Å². The standard InChI is InChI=1S/C19H25F3N2O3/c20-19(21,22)14-6-4-5-13(9-14)10-15(23)17(27)24-12-18(11-16(25)26)7-2-1-3-8-18/h4-6,9,15H,1-3,7-8,10-12,23H2,(H,24,27)(H,25,26)/t15-/m1/s1. The van der Waals surface area contributed by atoms with Crippen LogP contribution in [0.2, 0.25) is 0 Å². The van der Waals surface area contributed by atoms with E-state index < -0.39 is 35.1 Å². The molecule has 1 aromatic rings.